The summed E-state index contributed by atoms with van der Waals surface area (Å²) in [6.45, 7) is 0. The third-order valence-electron chi connectivity index (χ3n) is 2.68. The number of benzene rings is 2. The van der Waals surface area contributed by atoms with Crippen LogP contribution in [0.25, 0.3) is 0 Å². The Morgan fingerprint density at radius 3 is 2.61 bits per heavy atom. The topological polar surface area (TPSA) is 17.1 Å². The zero-order chi connectivity index (χ0) is 13.0. The molecule has 0 amide bonds. The summed E-state index contributed by atoms with van der Waals surface area (Å²) in [6.07, 6.45) is 1.21. The minimum Gasteiger partial charge on any atom is -0.294 e. The van der Waals surface area contributed by atoms with Gasteiger partial charge in [-0.1, -0.05) is 51.8 Å². The van der Waals surface area contributed by atoms with Crippen LogP contribution in [0.4, 0.5) is 0 Å². The molecule has 2 rings (SSSR count). The van der Waals surface area contributed by atoms with Crippen LogP contribution in [0, 0.1) is 0 Å². The summed E-state index contributed by atoms with van der Waals surface area (Å²) in [4.78, 5) is 12.0. The summed E-state index contributed by atoms with van der Waals surface area (Å²) >= 11 is 9.27. The van der Waals surface area contributed by atoms with Crippen LogP contribution >= 0.6 is 27.5 Å². The van der Waals surface area contributed by atoms with E-state index in [1.165, 1.54) is 0 Å². The van der Waals surface area contributed by atoms with Gasteiger partial charge in [-0.2, -0.15) is 0 Å². The van der Waals surface area contributed by atoms with Crippen molar-refractivity contribution in [2.75, 3.05) is 0 Å². The zero-order valence-electron chi connectivity index (χ0n) is 9.70. The molecular weight excluding hydrogens is 312 g/mol. The summed E-state index contributed by atoms with van der Waals surface area (Å²) in [5, 5.41) is 0.711. The van der Waals surface area contributed by atoms with Gasteiger partial charge in [0.05, 0.1) is 0 Å². The van der Waals surface area contributed by atoms with Crippen molar-refractivity contribution >= 4 is 33.3 Å². The van der Waals surface area contributed by atoms with Gasteiger partial charge in [0.15, 0.2) is 5.78 Å². The number of carbonyl (C=O) groups is 1. The third-order valence-corrected chi connectivity index (χ3v) is 3.40. The number of hydrogen-bond donors (Lipinski definition) is 0. The molecule has 2 aromatic rings. The van der Waals surface area contributed by atoms with E-state index in [0.29, 0.717) is 17.9 Å². The SMILES string of the molecule is O=C(CCc1cccc(Cl)c1)c1cccc(Br)c1. The van der Waals surface area contributed by atoms with Gasteiger partial charge in [0.2, 0.25) is 0 Å². The highest BCUT2D eigenvalue weighted by atomic mass is 79.9. The highest BCUT2D eigenvalue weighted by Gasteiger charge is 2.06. The number of halogens is 2. The molecule has 0 unspecified atom stereocenters. The normalized spacial score (nSPS) is 10.3. The van der Waals surface area contributed by atoms with Crippen LogP contribution in [0.3, 0.4) is 0 Å². The lowest BCUT2D eigenvalue weighted by Gasteiger charge is -2.03. The number of carbonyl (C=O) groups excluding carboxylic acids is 1. The van der Waals surface area contributed by atoms with Crippen molar-refractivity contribution in [3.63, 3.8) is 0 Å². The van der Waals surface area contributed by atoms with Gasteiger partial charge in [-0.3, -0.25) is 4.79 Å². The molecule has 0 aromatic heterocycles. The van der Waals surface area contributed by atoms with Crippen LogP contribution in [0.1, 0.15) is 22.3 Å². The molecule has 3 heteroatoms. The summed E-state index contributed by atoms with van der Waals surface area (Å²) in [5.41, 5.74) is 1.83. The van der Waals surface area contributed by atoms with E-state index in [1.54, 1.807) is 0 Å². The Balaban J connectivity index is 2.00. The molecule has 0 aliphatic carbocycles. The molecule has 0 aliphatic heterocycles. The molecule has 2 aromatic carbocycles. The minimum atomic E-state index is 0.149. The van der Waals surface area contributed by atoms with Gasteiger partial charge in [0.25, 0.3) is 0 Å². The van der Waals surface area contributed by atoms with Gasteiger partial charge >= 0.3 is 0 Å². The summed E-state index contributed by atoms with van der Waals surface area (Å²) in [6, 6.07) is 15.1. The van der Waals surface area contributed by atoms with Crippen molar-refractivity contribution < 1.29 is 4.79 Å². The first-order valence-electron chi connectivity index (χ1n) is 5.68. The summed E-state index contributed by atoms with van der Waals surface area (Å²) in [7, 11) is 0. The number of aryl methyl sites for hydroxylation is 1. The smallest absolute Gasteiger partial charge is 0.163 e. The summed E-state index contributed by atoms with van der Waals surface area (Å²) < 4.78 is 0.927. The second kappa shape index (κ2) is 6.17. The van der Waals surface area contributed by atoms with Gasteiger partial charge in [0.1, 0.15) is 0 Å². The lowest BCUT2D eigenvalue weighted by Crippen LogP contribution is -2.01. The van der Waals surface area contributed by atoms with Crippen LogP contribution in [0.15, 0.2) is 53.0 Å². The fraction of sp³-hybridized carbons (Fsp3) is 0.133. The lowest BCUT2D eigenvalue weighted by atomic mass is 10.0. The molecule has 0 aliphatic rings. The van der Waals surface area contributed by atoms with Crippen LogP contribution < -0.4 is 0 Å². The number of rotatable bonds is 4. The number of hydrogen-bond acceptors (Lipinski definition) is 1. The molecule has 0 N–H and O–H groups in total. The fourth-order valence-corrected chi connectivity index (χ4v) is 2.37. The van der Waals surface area contributed by atoms with Crippen LogP contribution in [-0.4, -0.2) is 5.78 Å². The molecule has 0 atom stereocenters. The van der Waals surface area contributed by atoms with Gasteiger partial charge < -0.3 is 0 Å². The molecule has 0 spiro atoms. The van der Waals surface area contributed by atoms with E-state index in [9.17, 15) is 4.79 Å². The first-order valence-corrected chi connectivity index (χ1v) is 6.85. The number of ketones is 1. The Morgan fingerprint density at radius 2 is 1.89 bits per heavy atom. The molecule has 0 heterocycles. The molecule has 0 saturated heterocycles. The van der Waals surface area contributed by atoms with Crippen molar-refractivity contribution in [1.29, 1.82) is 0 Å². The van der Waals surface area contributed by atoms with Crippen LogP contribution in [-0.2, 0) is 6.42 Å². The fourth-order valence-electron chi connectivity index (χ4n) is 1.76. The molecule has 92 valence electrons. The van der Waals surface area contributed by atoms with Gasteiger partial charge in [-0.05, 0) is 36.2 Å². The number of Topliss-reactive ketones (excluding diaryl/α,β-unsaturated/α-hetero) is 1. The lowest BCUT2D eigenvalue weighted by molar-refractivity contribution is 0.0983. The highest BCUT2D eigenvalue weighted by Crippen LogP contribution is 2.16. The maximum atomic E-state index is 12.0. The highest BCUT2D eigenvalue weighted by molar-refractivity contribution is 9.10. The Bertz CT molecular complexity index is 566. The first kappa shape index (κ1) is 13.3. The Labute approximate surface area is 120 Å². The first-order chi connectivity index (χ1) is 8.65. The van der Waals surface area contributed by atoms with Crippen molar-refractivity contribution in [3.05, 3.63) is 69.2 Å². The van der Waals surface area contributed by atoms with Crippen LogP contribution in [0.2, 0.25) is 5.02 Å². The zero-order valence-corrected chi connectivity index (χ0v) is 12.0. The largest absolute Gasteiger partial charge is 0.294 e. The van der Waals surface area contributed by atoms with E-state index >= 15 is 0 Å². The molecule has 0 radical (unpaired) electrons. The van der Waals surface area contributed by atoms with E-state index < -0.39 is 0 Å². The van der Waals surface area contributed by atoms with Crippen molar-refractivity contribution in [1.82, 2.24) is 0 Å². The molecule has 1 nitrogen and oxygen atoms in total. The molecule has 0 bridgehead atoms. The predicted octanol–water partition coefficient (Wildman–Crippen LogP) is 4.92. The Morgan fingerprint density at radius 1 is 1.11 bits per heavy atom. The maximum absolute atomic E-state index is 12.0. The molecule has 18 heavy (non-hydrogen) atoms. The quantitative estimate of drug-likeness (QED) is 0.730. The second-order valence-electron chi connectivity index (χ2n) is 4.06. The van der Waals surface area contributed by atoms with Crippen molar-refractivity contribution in [3.8, 4) is 0 Å². The maximum Gasteiger partial charge on any atom is 0.163 e. The van der Waals surface area contributed by atoms with Crippen molar-refractivity contribution in [2.24, 2.45) is 0 Å². The monoisotopic (exact) mass is 322 g/mol. The minimum absolute atomic E-state index is 0.149. The van der Waals surface area contributed by atoms with E-state index in [0.717, 1.165) is 15.6 Å². The van der Waals surface area contributed by atoms with Crippen LogP contribution in [0.5, 0.6) is 0 Å². The second-order valence-corrected chi connectivity index (χ2v) is 5.42. The molecule has 0 fully saturated rings. The van der Waals surface area contributed by atoms with E-state index in [-0.39, 0.29) is 5.78 Å². The standard InChI is InChI=1S/C15H12BrClO/c16-13-5-2-4-12(10-13)15(18)8-7-11-3-1-6-14(17)9-11/h1-6,9-10H,7-8H2. The van der Waals surface area contributed by atoms with E-state index in [2.05, 4.69) is 15.9 Å². The average Bonchev–Trinajstić information content (AvgIpc) is 2.36. The van der Waals surface area contributed by atoms with E-state index in [4.69, 9.17) is 11.6 Å². The molecular formula is C15H12BrClO. The average molecular weight is 324 g/mol. The van der Waals surface area contributed by atoms with E-state index in [1.807, 2.05) is 48.5 Å². The predicted molar refractivity (Wildman–Crippen MR) is 78.2 cm³/mol. The Kier molecular flexibility index (Phi) is 4.56. The van der Waals surface area contributed by atoms with Gasteiger partial charge in [-0.15, -0.1) is 0 Å². The third kappa shape index (κ3) is 3.69. The summed E-state index contributed by atoms with van der Waals surface area (Å²) in [5.74, 6) is 0.149. The van der Waals surface area contributed by atoms with Crippen molar-refractivity contribution in [2.45, 2.75) is 12.8 Å². The Hall–Kier alpha value is -1.12. The molecule has 0 saturated carbocycles. The van der Waals surface area contributed by atoms with Gasteiger partial charge in [-0.25, -0.2) is 0 Å². The van der Waals surface area contributed by atoms with Gasteiger partial charge in [0, 0.05) is 21.5 Å².